The molecule has 0 saturated heterocycles. The summed E-state index contributed by atoms with van der Waals surface area (Å²) in [5, 5.41) is 0. The van der Waals surface area contributed by atoms with E-state index in [4.69, 9.17) is 4.74 Å². The van der Waals surface area contributed by atoms with Gasteiger partial charge in [0.05, 0.1) is 5.41 Å². The predicted molar refractivity (Wildman–Crippen MR) is 77.7 cm³/mol. The molecule has 4 unspecified atom stereocenters. The molecule has 2 fully saturated rings. The molecule has 2 saturated carbocycles. The van der Waals surface area contributed by atoms with Crippen molar-refractivity contribution < 1.29 is 9.53 Å². The quantitative estimate of drug-likeness (QED) is 0.557. The summed E-state index contributed by atoms with van der Waals surface area (Å²) < 4.78 is 6.03. The van der Waals surface area contributed by atoms with E-state index < -0.39 is 11.0 Å². The number of esters is 1. The number of ether oxygens (including phenoxy) is 1. The molecule has 2 aliphatic rings. The molecule has 0 aromatic carbocycles. The topological polar surface area (TPSA) is 26.3 Å². The Morgan fingerprint density at radius 3 is 2.74 bits per heavy atom. The van der Waals surface area contributed by atoms with Crippen LogP contribution >= 0.6 is 0 Å². The van der Waals surface area contributed by atoms with E-state index in [2.05, 4.69) is 13.5 Å². The zero-order chi connectivity index (χ0) is 14.3. The average molecular weight is 264 g/mol. The van der Waals surface area contributed by atoms with Gasteiger partial charge < -0.3 is 4.74 Å². The Bertz CT molecular complexity index is 371. The molecular weight excluding hydrogens is 236 g/mol. The summed E-state index contributed by atoms with van der Waals surface area (Å²) in [6.07, 6.45) is 7.42. The van der Waals surface area contributed by atoms with Gasteiger partial charge in [-0.1, -0.05) is 26.8 Å². The first-order valence-corrected chi connectivity index (χ1v) is 7.73. The van der Waals surface area contributed by atoms with E-state index in [-0.39, 0.29) is 5.97 Å². The molecule has 0 aliphatic heterocycles. The van der Waals surface area contributed by atoms with Gasteiger partial charge in [0.1, 0.15) is 5.60 Å². The fraction of sp³-hybridized carbons (Fsp3) is 0.824. The van der Waals surface area contributed by atoms with E-state index in [0.29, 0.717) is 11.8 Å². The largest absolute Gasteiger partial charge is 0.454 e. The molecule has 0 radical (unpaired) electrons. The van der Waals surface area contributed by atoms with E-state index in [1.54, 1.807) is 0 Å². The summed E-state index contributed by atoms with van der Waals surface area (Å²) in [4.78, 5) is 12.4. The van der Waals surface area contributed by atoms with Gasteiger partial charge >= 0.3 is 5.97 Å². The van der Waals surface area contributed by atoms with E-state index in [1.165, 1.54) is 19.3 Å². The second-order valence-electron chi connectivity index (χ2n) is 7.17. The highest BCUT2D eigenvalue weighted by molar-refractivity contribution is 5.76. The van der Waals surface area contributed by atoms with Gasteiger partial charge in [-0.05, 0) is 57.4 Å². The molecule has 0 aromatic rings. The molecule has 19 heavy (non-hydrogen) atoms. The van der Waals surface area contributed by atoms with Crippen molar-refractivity contribution in [2.45, 2.75) is 65.4 Å². The van der Waals surface area contributed by atoms with Crippen molar-refractivity contribution in [1.29, 1.82) is 0 Å². The third kappa shape index (κ3) is 2.34. The van der Waals surface area contributed by atoms with Crippen LogP contribution in [0.25, 0.3) is 0 Å². The normalized spacial score (nSPS) is 38.0. The van der Waals surface area contributed by atoms with Crippen molar-refractivity contribution in [3.05, 3.63) is 12.7 Å². The third-order valence-corrected chi connectivity index (χ3v) is 5.63. The van der Waals surface area contributed by atoms with E-state index >= 15 is 0 Å². The van der Waals surface area contributed by atoms with Crippen LogP contribution < -0.4 is 0 Å². The first-order valence-electron chi connectivity index (χ1n) is 7.73. The third-order valence-electron chi connectivity index (χ3n) is 5.63. The Labute approximate surface area is 117 Å². The van der Waals surface area contributed by atoms with Crippen molar-refractivity contribution in [3.63, 3.8) is 0 Å². The Balaban J connectivity index is 2.20. The molecule has 4 atom stereocenters. The van der Waals surface area contributed by atoms with Gasteiger partial charge in [0.2, 0.25) is 0 Å². The molecular formula is C17H28O2. The van der Waals surface area contributed by atoms with E-state index in [1.807, 2.05) is 26.8 Å². The molecule has 108 valence electrons. The lowest BCUT2D eigenvalue weighted by atomic mass is 9.85. The Kier molecular flexibility index (Phi) is 3.81. The monoisotopic (exact) mass is 264 g/mol. The van der Waals surface area contributed by atoms with E-state index in [0.717, 1.165) is 18.8 Å². The Morgan fingerprint density at radius 1 is 1.47 bits per heavy atom. The number of hydrogen-bond acceptors (Lipinski definition) is 2. The number of fused-ring (bicyclic) bond motifs is 1. The minimum Gasteiger partial charge on any atom is -0.454 e. The fourth-order valence-corrected chi connectivity index (χ4v) is 3.93. The molecule has 2 rings (SSSR count). The summed E-state index contributed by atoms with van der Waals surface area (Å²) in [6.45, 7) is 12.3. The maximum Gasteiger partial charge on any atom is 0.312 e. The summed E-state index contributed by atoms with van der Waals surface area (Å²) in [7, 11) is 0. The van der Waals surface area contributed by atoms with Crippen molar-refractivity contribution in [2.75, 3.05) is 0 Å². The highest BCUT2D eigenvalue weighted by atomic mass is 16.6. The Hall–Kier alpha value is -0.790. The van der Waals surface area contributed by atoms with Crippen molar-refractivity contribution in [1.82, 2.24) is 0 Å². The summed E-state index contributed by atoms with van der Waals surface area (Å²) in [5.74, 6) is 1.80. The second-order valence-corrected chi connectivity index (χ2v) is 7.17. The first-order chi connectivity index (χ1) is 8.86. The van der Waals surface area contributed by atoms with Gasteiger partial charge in [-0.2, -0.15) is 0 Å². The first kappa shape index (κ1) is 14.6. The van der Waals surface area contributed by atoms with Crippen LogP contribution in [0.2, 0.25) is 0 Å². The van der Waals surface area contributed by atoms with Gasteiger partial charge in [-0.15, -0.1) is 0 Å². The highest BCUT2D eigenvalue weighted by Crippen LogP contribution is 2.55. The molecule has 0 N–H and O–H groups in total. The van der Waals surface area contributed by atoms with Crippen LogP contribution in [-0.4, -0.2) is 11.6 Å². The molecule has 0 bridgehead atoms. The fourth-order valence-electron chi connectivity index (χ4n) is 3.93. The molecule has 2 aliphatic carbocycles. The highest BCUT2D eigenvalue weighted by Gasteiger charge is 2.55. The maximum absolute atomic E-state index is 12.4. The molecule has 2 nitrogen and oxygen atoms in total. The summed E-state index contributed by atoms with van der Waals surface area (Å²) >= 11 is 0. The lowest BCUT2D eigenvalue weighted by Gasteiger charge is -2.35. The maximum atomic E-state index is 12.4. The lowest BCUT2D eigenvalue weighted by molar-refractivity contribution is -0.169. The van der Waals surface area contributed by atoms with Crippen LogP contribution in [0.15, 0.2) is 12.7 Å². The summed E-state index contributed by atoms with van der Waals surface area (Å²) in [6, 6.07) is 0. The number of carbonyl (C=O) groups excluding carboxylic acids is 1. The number of carbonyl (C=O) groups is 1. The van der Waals surface area contributed by atoms with Crippen LogP contribution in [0.1, 0.15) is 59.8 Å². The van der Waals surface area contributed by atoms with Crippen LogP contribution in [-0.2, 0) is 9.53 Å². The number of rotatable bonds is 4. The van der Waals surface area contributed by atoms with Gasteiger partial charge in [-0.25, -0.2) is 0 Å². The zero-order valence-corrected chi connectivity index (χ0v) is 12.9. The molecule has 0 heterocycles. The van der Waals surface area contributed by atoms with Crippen molar-refractivity contribution >= 4 is 5.97 Å². The second kappa shape index (κ2) is 4.96. The smallest absolute Gasteiger partial charge is 0.312 e. The minimum atomic E-state index is -0.399. The molecule has 0 spiro atoms. The lowest BCUT2D eigenvalue weighted by Crippen LogP contribution is -2.41. The zero-order valence-electron chi connectivity index (χ0n) is 12.9. The SMILES string of the molecule is C=CC1(OC(=O)C(C)(C)CC)CC(C)C2CCCC21. The van der Waals surface area contributed by atoms with E-state index in [9.17, 15) is 4.79 Å². The van der Waals surface area contributed by atoms with Gasteiger partial charge in [0.15, 0.2) is 0 Å². The molecule has 2 heteroatoms. The number of hydrogen-bond donors (Lipinski definition) is 0. The molecule has 0 amide bonds. The molecule has 0 aromatic heterocycles. The standard InChI is InChI=1S/C17H28O2/c1-6-16(4,5)15(18)19-17(7-2)11-12(3)13-9-8-10-14(13)17/h7,12-14H,2,6,8-11H2,1,3-5H3. The van der Waals surface area contributed by atoms with Gasteiger partial charge in [-0.3, -0.25) is 4.79 Å². The van der Waals surface area contributed by atoms with Crippen LogP contribution in [0.3, 0.4) is 0 Å². The van der Waals surface area contributed by atoms with Gasteiger partial charge in [0.25, 0.3) is 0 Å². The van der Waals surface area contributed by atoms with Crippen molar-refractivity contribution in [2.24, 2.45) is 23.2 Å². The summed E-state index contributed by atoms with van der Waals surface area (Å²) in [5.41, 5.74) is -0.792. The van der Waals surface area contributed by atoms with Gasteiger partial charge in [0, 0.05) is 5.92 Å². The Morgan fingerprint density at radius 2 is 2.16 bits per heavy atom. The van der Waals surface area contributed by atoms with Crippen LogP contribution in [0.5, 0.6) is 0 Å². The predicted octanol–water partition coefficient (Wildman–Crippen LogP) is 4.35. The minimum absolute atomic E-state index is 0.0605. The average Bonchev–Trinajstić information content (AvgIpc) is 2.94. The van der Waals surface area contributed by atoms with Crippen LogP contribution in [0.4, 0.5) is 0 Å². The van der Waals surface area contributed by atoms with Crippen LogP contribution in [0, 0.1) is 23.2 Å². The van der Waals surface area contributed by atoms with Crippen molar-refractivity contribution in [3.8, 4) is 0 Å².